The zero-order valence-corrected chi connectivity index (χ0v) is 6.75. The highest BCUT2D eigenvalue weighted by Crippen LogP contribution is 2.23. The molecule has 1 nitrogen and oxygen atoms in total. The van der Waals surface area contributed by atoms with Gasteiger partial charge in [0.15, 0.2) is 0 Å². The number of carbonyl (C=O) groups is 1. The molecule has 0 rings (SSSR count). The maximum Gasteiger partial charge on any atom is 0.137 e. The van der Waals surface area contributed by atoms with Crippen molar-refractivity contribution in [2.24, 2.45) is 5.41 Å². The topological polar surface area (TPSA) is 17.1 Å². The van der Waals surface area contributed by atoms with E-state index in [2.05, 4.69) is 6.92 Å². The molecular formula is C7H11ClFO. The van der Waals surface area contributed by atoms with E-state index < -0.39 is 12.1 Å². The van der Waals surface area contributed by atoms with Crippen LogP contribution in [-0.2, 0) is 4.79 Å². The minimum atomic E-state index is -0.906. The van der Waals surface area contributed by atoms with E-state index in [-0.39, 0.29) is 18.1 Å². The molecule has 0 aliphatic rings. The maximum absolute atomic E-state index is 11.8. The van der Waals surface area contributed by atoms with Gasteiger partial charge in [0, 0.05) is 11.3 Å². The van der Waals surface area contributed by atoms with Gasteiger partial charge >= 0.3 is 0 Å². The highest BCUT2D eigenvalue weighted by Gasteiger charge is 2.28. The van der Waals surface area contributed by atoms with Crippen LogP contribution in [0.3, 0.4) is 0 Å². The van der Waals surface area contributed by atoms with Crippen LogP contribution >= 0.6 is 11.6 Å². The lowest BCUT2D eigenvalue weighted by atomic mass is 9.86. The summed E-state index contributed by atoms with van der Waals surface area (Å²) in [4.78, 5) is 10.8. The molecule has 59 valence electrons. The molecule has 1 radical (unpaired) electrons. The zero-order valence-electron chi connectivity index (χ0n) is 5.99. The van der Waals surface area contributed by atoms with Crippen molar-refractivity contribution in [2.45, 2.75) is 13.3 Å². The van der Waals surface area contributed by atoms with Crippen LogP contribution in [0, 0.1) is 12.3 Å². The van der Waals surface area contributed by atoms with Gasteiger partial charge in [-0.2, -0.15) is 0 Å². The van der Waals surface area contributed by atoms with E-state index in [0.717, 1.165) is 0 Å². The number of Topliss-reactive ketones (excluding diaryl/α,β-unsaturated/α-hetero) is 1. The number of halogens is 2. The first-order valence-electron chi connectivity index (χ1n) is 3.05. The van der Waals surface area contributed by atoms with Gasteiger partial charge in [-0.05, 0) is 20.3 Å². The van der Waals surface area contributed by atoms with Crippen LogP contribution in [0.5, 0.6) is 0 Å². The van der Waals surface area contributed by atoms with Crippen molar-refractivity contribution in [1.82, 2.24) is 0 Å². The Kier molecular flexibility index (Phi) is 3.87. The third kappa shape index (κ3) is 2.25. The molecule has 0 aromatic heterocycles. The molecule has 0 spiro atoms. The predicted molar refractivity (Wildman–Crippen MR) is 39.8 cm³/mol. The summed E-state index contributed by atoms with van der Waals surface area (Å²) in [6.07, 6.45) is 0.117. The Morgan fingerprint density at radius 1 is 1.80 bits per heavy atom. The summed E-state index contributed by atoms with van der Waals surface area (Å²) in [6, 6.07) is 0. The first kappa shape index (κ1) is 9.89. The average Bonchev–Trinajstić information content (AvgIpc) is 1.88. The molecule has 0 bridgehead atoms. The lowest BCUT2D eigenvalue weighted by Crippen LogP contribution is -2.28. The summed E-state index contributed by atoms with van der Waals surface area (Å²) in [5.41, 5.74) is -0.906. The summed E-state index contributed by atoms with van der Waals surface area (Å²) < 4.78 is 11.8. The number of hydrogen-bond acceptors (Lipinski definition) is 1. The second-order valence-corrected chi connectivity index (χ2v) is 2.68. The highest BCUT2D eigenvalue weighted by atomic mass is 35.5. The Bertz CT molecular complexity index is 127. The molecule has 0 amide bonds. The SMILES string of the molecule is [CH2]C(CCl)(CCF)C(C)=O. The first-order valence-corrected chi connectivity index (χ1v) is 3.58. The molecule has 3 heteroatoms. The lowest BCUT2D eigenvalue weighted by Gasteiger charge is -2.21. The normalized spacial score (nSPS) is 16.4. The van der Waals surface area contributed by atoms with E-state index in [4.69, 9.17) is 11.6 Å². The van der Waals surface area contributed by atoms with E-state index in [1.165, 1.54) is 6.92 Å². The summed E-state index contributed by atoms with van der Waals surface area (Å²) in [7, 11) is 0. The molecule has 0 saturated carbocycles. The van der Waals surface area contributed by atoms with Crippen LogP contribution in [0.1, 0.15) is 13.3 Å². The van der Waals surface area contributed by atoms with Gasteiger partial charge in [0.1, 0.15) is 5.78 Å². The molecule has 1 atom stereocenters. The van der Waals surface area contributed by atoms with Crippen LogP contribution in [-0.4, -0.2) is 18.3 Å². The van der Waals surface area contributed by atoms with Crippen LogP contribution in [0.15, 0.2) is 0 Å². The molecule has 1 unspecified atom stereocenters. The van der Waals surface area contributed by atoms with Crippen molar-refractivity contribution >= 4 is 17.4 Å². The van der Waals surface area contributed by atoms with E-state index in [1.54, 1.807) is 0 Å². The highest BCUT2D eigenvalue weighted by molar-refractivity contribution is 6.20. The van der Waals surface area contributed by atoms with Crippen molar-refractivity contribution in [3.8, 4) is 0 Å². The molecular weight excluding hydrogens is 155 g/mol. The molecule has 0 saturated heterocycles. The first-order chi connectivity index (χ1) is 4.56. The summed E-state index contributed by atoms with van der Waals surface area (Å²) in [5.74, 6) is -0.0631. The van der Waals surface area contributed by atoms with Crippen molar-refractivity contribution in [2.75, 3.05) is 12.6 Å². The van der Waals surface area contributed by atoms with Gasteiger partial charge in [-0.3, -0.25) is 9.18 Å². The third-order valence-electron chi connectivity index (χ3n) is 1.58. The van der Waals surface area contributed by atoms with Gasteiger partial charge in [-0.1, -0.05) is 0 Å². The van der Waals surface area contributed by atoms with Crippen LogP contribution < -0.4 is 0 Å². The minimum absolute atomic E-state index is 0.0895. The fourth-order valence-corrected chi connectivity index (χ4v) is 0.840. The Balaban J connectivity index is 4.08. The van der Waals surface area contributed by atoms with E-state index in [1.807, 2.05) is 0 Å². The number of alkyl halides is 2. The zero-order chi connectivity index (χ0) is 8.20. The second kappa shape index (κ2) is 3.91. The molecule has 0 fully saturated rings. The van der Waals surface area contributed by atoms with E-state index >= 15 is 0 Å². The molecule has 0 aliphatic carbocycles. The Morgan fingerprint density at radius 3 is 2.40 bits per heavy atom. The van der Waals surface area contributed by atoms with Crippen molar-refractivity contribution < 1.29 is 9.18 Å². The molecule has 0 aliphatic heterocycles. The summed E-state index contributed by atoms with van der Waals surface area (Å²) >= 11 is 5.43. The Hall–Kier alpha value is -0.110. The Labute approximate surface area is 65.6 Å². The van der Waals surface area contributed by atoms with Gasteiger partial charge in [-0.15, -0.1) is 11.6 Å². The van der Waals surface area contributed by atoms with Gasteiger partial charge in [0.05, 0.1) is 6.67 Å². The fourth-order valence-electron chi connectivity index (χ4n) is 0.518. The van der Waals surface area contributed by atoms with Crippen LogP contribution in [0.25, 0.3) is 0 Å². The van der Waals surface area contributed by atoms with Crippen molar-refractivity contribution in [1.29, 1.82) is 0 Å². The molecule has 0 aromatic rings. The van der Waals surface area contributed by atoms with Gasteiger partial charge in [0.25, 0.3) is 0 Å². The molecule has 0 N–H and O–H groups in total. The van der Waals surface area contributed by atoms with Crippen LogP contribution in [0.4, 0.5) is 4.39 Å². The standard InChI is InChI=1S/C7H11ClFO/c1-6(10)7(2,5-8)3-4-9/h2-5H2,1H3. The average molecular weight is 166 g/mol. The monoisotopic (exact) mass is 165 g/mol. The molecule has 0 aromatic carbocycles. The smallest absolute Gasteiger partial charge is 0.137 e. The lowest BCUT2D eigenvalue weighted by molar-refractivity contribution is -0.123. The second-order valence-electron chi connectivity index (χ2n) is 2.41. The van der Waals surface area contributed by atoms with Crippen LogP contribution in [0.2, 0.25) is 0 Å². The predicted octanol–water partition coefficient (Wildman–Crippen LogP) is 1.99. The summed E-state index contributed by atoms with van der Waals surface area (Å²) in [5, 5.41) is 0. The van der Waals surface area contributed by atoms with Crippen molar-refractivity contribution in [3.05, 3.63) is 6.92 Å². The van der Waals surface area contributed by atoms with E-state index in [9.17, 15) is 9.18 Å². The maximum atomic E-state index is 11.8. The largest absolute Gasteiger partial charge is 0.299 e. The Morgan fingerprint density at radius 2 is 2.30 bits per heavy atom. The number of ketones is 1. The minimum Gasteiger partial charge on any atom is -0.299 e. The van der Waals surface area contributed by atoms with Gasteiger partial charge in [0.2, 0.25) is 0 Å². The van der Waals surface area contributed by atoms with Gasteiger partial charge < -0.3 is 0 Å². The fraction of sp³-hybridized carbons (Fsp3) is 0.714. The molecule has 0 heterocycles. The number of hydrogen-bond donors (Lipinski definition) is 0. The van der Waals surface area contributed by atoms with Gasteiger partial charge in [-0.25, -0.2) is 0 Å². The molecule has 10 heavy (non-hydrogen) atoms. The quantitative estimate of drug-likeness (QED) is 0.583. The van der Waals surface area contributed by atoms with Crippen molar-refractivity contribution in [3.63, 3.8) is 0 Å². The summed E-state index contributed by atoms with van der Waals surface area (Å²) in [6.45, 7) is 4.39. The third-order valence-corrected chi connectivity index (χ3v) is 2.09. The number of carbonyl (C=O) groups excluding carboxylic acids is 1. The van der Waals surface area contributed by atoms with E-state index in [0.29, 0.717) is 0 Å². The number of rotatable bonds is 4.